The summed E-state index contributed by atoms with van der Waals surface area (Å²) in [4.78, 5) is 49.3. The minimum atomic E-state index is -1.62. The molecule has 230 valence electrons. The van der Waals surface area contributed by atoms with Gasteiger partial charge in [0, 0.05) is 26.1 Å². The number of nitro groups is 1. The molecule has 1 saturated heterocycles. The van der Waals surface area contributed by atoms with E-state index in [-0.39, 0.29) is 73.2 Å². The summed E-state index contributed by atoms with van der Waals surface area (Å²) >= 11 is 6.28. The fraction of sp³-hybridized carbons (Fsp3) is 0.536. The number of anilines is 1. The summed E-state index contributed by atoms with van der Waals surface area (Å²) in [6, 6.07) is 3.55. The first-order chi connectivity index (χ1) is 20.2. The van der Waals surface area contributed by atoms with E-state index in [1.165, 1.54) is 15.9 Å². The van der Waals surface area contributed by atoms with Gasteiger partial charge in [-0.1, -0.05) is 6.07 Å². The van der Waals surface area contributed by atoms with Crippen LogP contribution in [0.25, 0.3) is 0 Å². The fourth-order valence-electron chi connectivity index (χ4n) is 5.81. The van der Waals surface area contributed by atoms with Crippen molar-refractivity contribution in [3.05, 3.63) is 56.0 Å². The van der Waals surface area contributed by atoms with Crippen molar-refractivity contribution in [3.8, 4) is 6.07 Å². The number of methoxy groups -OCH3 is 1. The average Bonchev–Trinajstić information content (AvgIpc) is 2.93. The number of nitriles is 1. The lowest BCUT2D eigenvalue weighted by atomic mass is 9.67. The molecule has 2 atom stereocenters. The van der Waals surface area contributed by atoms with E-state index in [0.717, 1.165) is 13.2 Å². The number of piperazine rings is 1. The highest BCUT2D eigenvalue weighted by molar-refractivity contribution is 6.28. The molecule has 4 rings (SSSR count). The lowest BCUT2D eigenvalue weighted by molar-refractivity contribution is -0.385. The first-order valence-electron chi connectivity index (χ1n) is 13.6. The van der Waals surface area contributed by atoms with E-state index in [4.69, 9.17) is 21.1 Å². The van der Waals surface area contributed by atoms with Crippen molar-refractivity contribution < 1.29 is 32.8 Å². The highest BCUT2D eigenvalue weighted by Crippen LogP contribution is 2.44. The van der Waals surface area contributed by atoms with Crippen molar-refractivity contribution in [2.75, 3.05) is 31.6 Å². The Morgan fingerprint density at radius 3 is 2.63 bits per heavy atom. The van der Waals surface area contributed by atoms with Crippen LogP contribution in [0.1, 0.15) is 56.9 Å². The van der Waals surface area contributed by atoms with Crippen molar-refractivity contribution in [1.29, 1.82) is 5.26 Å². The Bertz CT molecular complexity index is 1500. The molecule has 0 radical (unpaired) electrons. The number of ether oxygens (including phenoxy) is 2. The molecule has 1 unspecified atom stereocenters. The topological polar surface area (TPSA) is 152 Å². The van der Waals surface area contributed by atoms with Crippen LogP contribution in [0.5, 0.6) is 0 Å². The lowest BCUT2D eigenvalue weighted by Crippen LogP contribution is -2.56. The summed E-state index contributed by atoms with van der Waals surface area (Å²) < 4.78 is 39.5. The number of hydrogen-bond donors (Lipinski definition) is 0. The molecule has 2 heterocycles. The van der Waals surface area contributed by atoms with E-state index in [9.17, 15) is 33.7 Å². The van der Waals surface area contributed by atoms with Crippen LogP contribution in [0, 0.1) is 33.1 Å². The number of nitrogens with zero attached hydrogens (tertiary/aromatic N) is 6. The molecule has 2 aliphatic rings. The number of esters is 1. The second kappa shape index (κ2) is 12.2. The van der Waals surface area contributed by atoms with Crippen LogP contribution in [0.15, 0.2) is 12.1 Å². The minimum absolute atomic E-state index is 0.00251. The summed E-state index contributed by atoms with van der Waals surface area (Å²) in [5.41, 5.74) is -2.97. The van der Waals surface area contributed by atoms with Crippen molar-refractivity contribution >= 4 is 35.2 Å². The van der Waals surface area contributed by atoms with Crippen LogP contribution in [0.4, 0.5) is 25.1 Å². The summed E-state index contributed by atoms with van der Waals surface area (Å²) in [5, 5.41) is 21.7. The number of carbonyl (C=O) groups excluding carboxylic acids is 2. The second-order valence-corrected chi connectivity index (χ2v) is 11.8. The molecule has 1 fully saturated rings. The third-order valence-corrected chi connectivity index (χ3v) is 7.79. The van der Waals surface area contributed by atoms with Crippen molar-refractivity contribution in [2.45, 2.75) is 69.9 Å². The zero-order valence-corrected chi connectivity index (χ0v) is 24.9. The summed E-state index contributed by atoms with van der Waals surface area (Å²) in [6.45, 7) is 5.29. The van der Waals surface area contributed by atoms with E-state index in [1.54, 1.807) is 20.8 Å². The SMILES string of the molecule is COC(=O)C1(Cc2nc(Cl)nc(N3CCN(C(=O)OC(C)(C)C)[C@@H](CC#N)C3)c2[N+](=O)[O-])CCCc2c1ccc(F)c2F. The smallest absolute Gasteiger partial charge is 0.410 e. The second-order valence-electron chi connectivity index (χ2n) is 11.5. The van der Waals surface area contributed by atoms with Gasteiger partial charge in [-0.15, -0.1) is 0 Å². The molecule has 1 amide bonds. The standard InChI is InChI=1S/C28H31ClF2N6O6/c1-27(2,3)43-26(39)36-13-12-35(15-16(36)9-11-32)23-22(37(40)41)20(33-25(29)34-23)14-28(24(38)42-4)10-5-6-17-18(28)7-8-19(30)21(17)31/h7-8,16H,5-6,9-10,12-15H2,1-4H3/t16-,28?/m0/s1. The van der Waals surface area contributed by atoms with Crippen LogP contribution < -0.4 is 4.90 Å². The monoisotopic (exact) mass is 620 g/mol. The molecule has 15 heteroatoms. The molecule has 0 spiro atoms. The predicted octanol–water partition coefficient (Wildman–Crippen LogP) is 4.65. The summed E-state index contributed by atoms with van der Waals surface area (Å²) in [6.07, 6.45) is -0.530. The summed E-state index contributed by atoms with van der Waals surface area (Å²) in [7, 11) is 1.14. The highest BCUT2D eigenvalue weighted by Gasteiger charge is 2.48. The molecular weight excluding hydrogens is 590 g/mol. The maximum absolute atomic E-state index is 14.8. The largest absolute Gasteiger partial charge is 0.468 e. The zero-order chi connectivity index (χ0) is 31.7. The van der Waals surface area contributed by atoms with Gasteiger partial charge in [0.2, 0.25) is 11.1 Å². The number of halogens is 3. The molecule has 1 aromatic heterocycles. The average molecular weight is 621 g/mol. The molecule has 0 saturated carbocycles. The van der Waals surface area contributed by atoms with E-state index in [1.807, 2.05) is 6.07 Å². The van der Waals surface area contributed by atoms with E-state index >= 15 is 0 Å². The van der Waals surface area contributed by atoms with Gasteiger partial charge in [-0.3, -0.25) is 14.9 Å². The van der Waals surface area contributed by atoms with Gasteiger partial charge < -0.3 is 19.3 Å². The van der Waals surface area contributed by atoms with Gasteiger partial charge in [-0.2, -0.15) is 10.2 Å². The Morgan fingerprint density at radius 2 is 2.00 bits per heavy atom. The molecule has 43 heavy (non-hydrogen) atoms. The van der Waals surface area contributed by atoms with Crippen LogP contribution in [0.2, 0.25) is 5.28 Å². The van der Waals surface area contributed by atoms with Gasteiger partial charge >= 0.3 is 17.7 Å². The van der Waals surface area contributed by atoms with Crippen LogP contribution in [0.3, 0.4) is 0 Å². The number of hydrogen-bond acceptors (Lipinski definition) is 10. The number of amides is 1. The molecule has 0 N–H and O–H groups in total. The maximum Gasteiger partial charge on any atom is 0.410 e. The number of aromatic nitrogens is 2. The van der Waals surface area contributed by atoms with Crippen LogP contribution >= 0.6 is 11.6 Å². The van der Waals surface area contributed by atoms with E-state index in [2.05, 4.69) is 9.97 Å². The number of benzene rings is 1. The Labute approximate surface area is 251 Å². The fourth-order valence-corrected chi connectivity index (χ4v) is 6.00. The molecular formula is C28H31ClF2N6O6. The van der Waals surface area contributed by atoms with Gasteiger partial charge in [0.25, 0.3) is 0 Å². The van der Waals surface area contributed by atoms with Crippen molar-refractivity contribution in [3.63, 3.8) is 0 Å². The maximum atomic E-state index is 14.8. The Kier molecular flexibility index (Phi) is 9.05. The van der Waals surface area contributed by atoms with Gasteiger partial charge in [0.15, 0.2) is 11.6 Å². The third kappa shape index (κ3) is 6.31. The quantitative estimate of drug-likeness (QED) is 0.193. The van der Waals surface area contributed by atoms with E-state index in [0.29, 0.717) is 0 Å². The van der Waals surface area contributed by atoms with Gasteiger partial charge in [-0.05, 0) is 68.8 Å². The third-order valence-electron chi connectivity index (χ3n) is 7.62. The number of rotatable bonds is 6. The predicted molar refractivity (Wildman–Crippen MR) is 150 cm³/mol. The van der Waals surface area contributed by atoms with Crippen LogP contribution in [-0.4, -0.2) is 70.2 Å². The summed E-state index contributed by atoms with van der Waals surface area (Å²) in [5.74, 6) is -3.11. The van der Waals surface area contributed by atoms with E-state index < -0.39 is 57.8 Å². The Morgan fingerprint density at radius 1 is 1.28 bits per heavy atom. The Hall–Kier alpha value is -4.12. The zero-order valence-electron chi connectivity index (χ0n) is 24.2. The van der Waals surface area contributed by atoms with Gasteiger partial charge in [-0.25, -0.2) is 18.6 Å². The molecule has 0 bridgehead atoms. The molecule has 1 aromatic carbocycles. The first-order valence-corrected chi connectivity index (χ1v) is 14.0. The number of fused-ring (bicyclic) bond motifs is 1. The van der Waals surface area contributed by atoms with Gasteiger partial charge in [0.1, 0.15) is 11.3 Å². The Balaban J connectivity index is 1.78. The number of carbonyl (C=O) groups is 2. The highest BCUT2D eigenvalue weighted by atomic mass is 35.5. The normalized spacial score (nSPS) is 20.2. The molecule has 12 nitrogen and oxygen atoms in total. The molecule has 2 aromatic rings. The lowest BCUT2D eigenvalue weighted by Gasteiger charge is -2.41. The first kappa shape index (κ1) is 31.8. The molecule has 1 aliphatic heterocycles. The van der Waals surface area contributed by atoms with Crippen molar-refractivity contribution in [1.82, 2.24) is 14.9 Å². The van der Waals surface area contributed by atoms with Gasteiger partial charge in [0.05, 0.1) is 36.0 Å². The van der Waals surface area contributed by atoms with Crippen LogP contribution in [-0.2, 0) is 32.5 Å². The minimum Gasteiger partial charge on any atom is -0.468 e. The molecule has 1 aliphatic carbocycles. The van der Waals surface area contributed by atoms with Crippen molar-refractivity contribution in [2.24, 2.45) is 0 Å².